The SMILES string of the molecule is COc1ccc(N[C@H](CC(=O)OC(C)(C)C)C(F)(F)F)cc1. The predicted molar refractivity (Wildman–Crippen MR) is 76.9 cm³/mol. The van der Waals surface area contributed by atoms with Crippen molar-refractivity contribution < 1.29 is 27.4 Å². The molecule has 1 atom stereocenters. The minimum absolute atomic E-state index is 0.242. The summed E-state index contributed by atoms with van der Waals surface area (Å²) in [6.07, 6.45) is -5.37. The summed E-state index contributed by atoms with van der Waals surface area (Å²) in [5, 5.41) is 2.31. The number of hydrogen-bond acceptors (Lipinski definition) is 4. The maximum absolute atomic E-state index is 13.0. The van der Waals surface area contributed by atoms with E-state index in [0.717, 1.165) is 0 Å². The van der Waals surface area contributed by atoms with E-state index in [1.54, 1.807) is 20.8 Å². The number of hydrogen-bond donors (Lipinski definition) is 1. The van der Waals surface area contributed by atoms with Crippen molar-refractivity contribution >= 4 is 11.7 Å². The highest BCUT2D eigenvalue weighted by molar-refractivity contribution is 5.71. The molecule has 1 aromatic rings. The van der Waals surface area contributed by atoms with Crippen LogP contribution in [0.4, 0.5) is 18.9 Å². The quantitative estimate of drug-likeness (QED) is 0.839. The van der Waals surface area contributed by atoms with Crippen LogP contribution in [-0.4, -0.2) is 30.9 Å². The smallest absolute Gasteiger partial charge is 0.409 e. The van der Waals surface area contributed by atoms with Gasteiger partial charge >= 0.3 is 12.1 Å². The number of benzene rings is 1. The van der Waals surface area contributed by atoms with Crippen LogP contribution in [0.1, 0.15) is 27.2 Å². The lowest BCUT2D eigenvalue weighted by Crippen LogP contribution is -2.39. The van der Waals surface area contributed by atoms with Crippen molar-refractivity contribution in [3.8, 4) is 5.75 Å². The zero-order chi connectivity index (χ0) is 17.0. The molecule has 22 heavy (non-hydrogen) atoms. The molecule has 0 saturated heterocycles. The Bertz CT molecular complexity index is 492. The number of esters is 1. The first kappa shape index (κ1) is 18.1. The molecule has 0 spiro atoms. The Kier molecular flexibility index (Phi) is 5.68. The molecule has 0 heterocycles. The zero-order valence-electron chi connectivity index (χ0n) is 13.0. The van der Waals surface area contributed by atoms with Crippen LogP contribution >= 0.6 is 0 Å². The van der Waals surface area contributed by atoms with Gasteiger partial charge in [-0.3, -0.25) is 4.79 Å². The molecule has 0 amide bonds. The van der Waals surface area contributed by atoms with E-state index in [-0.39, 0.29) is 5.69 Å². The minimum atomic E-state index is -4.57. The molecule has 0 bridgehead atoms. The van der Waals surface area contributed by atoms with E-state index in [4.69, 9.17) is 9.47 Å². The molecule has 0 saturated carbocycles. The molecule has 0 radical (unpaired) electrons. The summed E-state index contributed by atoms with van der Waals surface area (Å²) in [6, 6.07) is 3.95. The number of ether oxygens (including phenoxy) is 2. The molecule has 1 aromatic carbocycles. The van der Waals surface area contributed by atoms with Crippen LogP contribution in [0.3, 0.4) is 0 Å². The first-order valence-corrected chi connectivity index (χ1v) is 6.70. The van der Waals surface area contributed by atoms with Crippen LogP contribution in [-0.2, 0) is 9.53 Å². The molecule has 0 unspecified atom stereocenters. The molecule has 0 aliphatic rings. The van der Waals surface area contributed by atoms with Gasteiger partial charge in [0.2, 0.25) is 0 Å². The third-order valence-electron chi connectivity index (χ3n) is 2.62. The van der Waals surface area contributed by atoms with Gasteiger partial charge in [0.15, 0.2) is 0 Å². The number of carbonyl (C=O) groups is 1. The van der Waals surface area contributed by atoms with Gasteiger partial charge < -0.3 is 14.8 Å². The second-order valence-corrected chi connectivity index (χ2v) is 5.76. The molecular formula is C15H20F3NO3. The molecule has 4 nitrogen and oxygen atoms in total. The second-order valence-electron chi connectivity index (χ2n) is 5.76. The van der Waals surface area contributed by atoms with Crippen molar-refractivity contribution in [3.63, 3.8) is 0 Å². The summed E-state index contributed by atoms with van der Waals surface area (Å²) in [5.41, 5.74) is -0.584. The summed E-state index contributed by atoms with van der Waals surface area (Å²) < 4.78 is 49.0. The summed E-state index contributed by atoms with van der Waals surface area (Å²) >= 11 is 0. The van der Waals surface area contributed by atoms with Gasteiger partial charge in [-0.25, -0.2) is 0 Å². The normalized spacial score (nSPS) is 13.4. The Morgan fingerprint density at radius 1 is 1.18 bits per heavy atom. The fraction of sp³-hybridized carbons (Fsp3) is 0.533. The van der Waals surface area contributed by atoms with E-state index < -0.39 is 30.2 Å². The van der Waals surface area contributed by atoms with E-state index in [0.29, 0.717) is 5.75 Å². The number of carbonyl (C=O) groups excluding carboxylic acids is 1. The molecule has 0 aromatic heterocycles. The van der Waals surface area contributed by atoms with Gasteiger partial charge in [0, 0.05) is 5.69 Å². The third-order valence-corrected chi connectivity index (χ3v) is 2.62. The van der Waals surface area contributed by atoms with Crippen LogP contribution < -0.4 is 10.1 Å². The lowest BCUT2D eigenvalue weighted by atomic mass is 10.1. The van der Waals surface area contributed by atoms with Gasteiger partial charge in [-0.2, -0.15) is 13.2 Å². The van der Waals surface area contributed by atoms with Crippen LogP contribution in [0.2, 0.25) is 0 Å². The molecule has 124 valence electrons. The fourth-order valence-corrected chi connectivity index (χ4v) is 1.69. The van der Waals surface area contributed by atoms with Crippen molar-refractivity contribution in [1.82, 2.24) is 0 Å². The molecule has 0 aliphatic carbocycles. The van der Waals surface area contributed by atoms with Crippen molar-refractivity contribution in [3.05, 3.63) is 24.3 Å². The number of anilines is 1. The number of rotatable bonds is 5. The van der Waals surface area contributed by atoms with Crippen LogP contribution in [0.5, 0.6) is 5.75 Å². The van der Waals surface area contributed by atoms with Crippen LogP contribution in [0, 0.1) is 0 Å². The first-order chi connectivity index (χ1) is 10.0. The summed E-state index contributed by atoms with van der Waals surface area (Å²) in [6.45, 7) is 4.80. The van der Waals surface area contributed by atoms with E-state index >= 15 is 0 Å². The van der Waals surface area contributed by atoms with E-state index in [1.807, 2.05) is 0 Å². The Hall–Kier alpha value is -1.92. The monoisotopic (exact) mass is 319 g/mol. The predicted octanol–water partition coefficient (Wildman–Crippen LogP) is 3.77. The highest BCUT2D eigenvalue weighted by Gasteiger charge is 2.41. The summed E-state index contributed by atoms with van der Waals surface area (Å²) in [4.78, 5) is 11.6. The molecule has 0 fully saturated rings. The van der Waals surface area contributed by atoms with Gasteiger partial charge in [0.1, 0.15) is 17.4 Å². The topological polar surface area (TPSA) is 47.6 Å². The fourth-order valence-electron chi connectivity index (χ4n) is 1.69. The van der Waals surface area contributed by atoms with Crippen molar-refractivity contribution in [1.29, 1.82) is 0 Å². The van der Waals surface area contributed by atoms with Crippen molar-refractivity contribution in [2.45, 2.75) is 45.0 Å². The molecular weight excluding hydrogens is 299 g/mol. The highest BCUT2D eigenvalue weighted by Crippen LogP contribution is 2.27. The van der Waals surface area contributed by atoms with Gasteiger partial charge in [0.25, 0.3) is 0 Å². The van der Waals surface area contributed by atoms with Crippen molar-refractivity contribution in [2.75, 3.05) is 12.4 Å². The Morgan fingerprint density at radius 3 is 2.14 bits per heavy atom. The number of alkyl halides is 3. The minimum Gasteiger partial charge on any atom is -0.497 e. The van der Waals surface area contributed by atoms with Gasteiger partial charge in [-0.1, -0.05) is 0 Å². The van der Waals surface area contributed by atoms with Crippen LogP contribution in [0.25, 0.3) is 0 Å². The van der Waals surface area contributed by atoms with Gasteiger partial charge in [-0.05, 0) is 45.0 Å². The van der Waals surface area contributed by atoms with Crippen LogP contribution in [0.15, 0.2) is 24.3 Å². The average molecular weight is 319 g/mol. The molecule has 1 rings (SSSR count). The third kappa shape index (κ3) is 6.24. The molecule has 0 aliphatic heterocycles. The maximum atomic E-state index is 13.0. The number of methoxy groups -OCH3 is 1. The van der Waals surface area contributed by atoms with E-state index in [1.165, 1.54) is 31.4 Å². The summed E-state index contributed by atoms with van der Waals surface area (Å²) in [5.74, 6) is -0.378. The molecule has 7 heteroatoms. The van der Waals surface area contributed by atoms with Crippen molar-refractivity contribution in [2.24, 2.45) is 0 Å². The average Bonchev–Trinajstić information content (AvgIpc) is 2.35. The number of nitrogens with one attached hydrogen (secondary N) is 1. The first-order valence-electron chi connectivity index (χ1n) is 6.70. The lowest BCUT2D eigenvalue weighted by molar-refractivity contribution is -0.168. The largest absolute Gasteiger partial charge is 0.497 e. The summed E-state index contributed by atoms with van der Waals surface area (Å²) in [7, 11) is 1.46. The molecule has 1 N–H and O–H groups in total. The maximum Gasteiger partial charge on any atom is 0.409 e. The van der Waals surface area contributed by atoms with E-state index in [9.17, 15) is 18.0 Å². The van der Waals surface area contributed by atoms with Gasteiger partial charge in [-0.15, -0.1) is 0 Å². The Morgan fingerprint density at radius 2 is 1.73 bits per heavy atom. The van der Waals surface area contributed by atoms with Gasteiger partial charge in [0.05, 0.1) is 13.5 Å². The second kappa shape index (κ2) is 6.89. The highest BCUT2D eigenvalue weighted by atomic mass is 19.4. The Labute approximate surface area is 127 Å². The van der Waals surface area contributed by atoms with E-state index in [2.05, 4.69) is 5.32 Å². The lowest BCUT2D eigenvalue weighted by Gasteiger charge is -2.25. The number of halogens is 3. The standard InChI is InChI=1S/C15H20F3NO3/c1-14(2,3)22-13(20)9-12(15(16,17)18)19-10-5-7-11(21-4)8-6-10/h5-8,12,19H,9H2,1-4H3/t12-/m1/s1. The zero-order valence-corrected chi connectivity index (χ0v) is 13.0. The Balaban J connectivity index is 2.78.